The van der Waals surface area contributed by atoms with Crippen LogP contribution >= 0.6 is 0 Å². The summed E-state index contributed by atoms with van der Waals surface area (Å²) < 4.78 is 1.69. The minimum Gasteiger partial charge on any atom is -0.508 e. The van der Waals surface area contributed by atoms with E-state index in [9.17, 15) is 9.90 Å². The van der Waals surface area contributed by atoms with Crippen LogP contribution in [0.2, 0.25) is 0 Å². The number of benzene rings is 2. The summed E-state index contributed by atoms with van der Waals surface area (Å²) in [5, 5.41) is 14.5. The van der Waals surface area contributed by atoms with Crippen LogP contribution in [0, 0.1) is 0 Å². The first kappa shape index (κ1) is 17.3. The molecule has 8 heteroatoms. The Morgan fingerprint density at radius 1 is 0.897 bits per heavy atom. The molecule has 0 bridgehead atoms. The predicted octanol–water partition coefficient (Wildman–Crippen LogP) is 2.14. The normalized spacial score (nSPS) is 14.5. The van der Waals surface area contributed by atoms with Gasteiger partial charge >= 0.3 is 0 Å². The van der Waals surface area contributed by atoms with Gasteiger partial charge in [-0.25, -0.2) is 4.68 Å². The van der Waals surface area contributed by atoms with Crippen molar-refractivity contribution in [2.75, 3.05) is 36.0 Å². The Balaban J connectivity index is 1.43. The van der Waals surface area contributed by atoms with Gasteiger partial charge in [0, 0.05) is 37.9 Å². The van der Waals surface area contributed by atoms with E-state index >= 15 is 0 Å². The Labute approximate surface area is 166 Å². The molecule has 2 N–H and O–H groups in total. The van der Waals surface area contributed by atoms with Crippen LogP contribution in [0.5, 0.6) is 5.75 Å². The number of H-pyrrole nitrogens is 1. The Kier molecular flexibility index (Phi) is 4.16. The number of aromatic hydroxyl groups is 1. The van der Waals surface area contributed by atoms with Gasteiger partial charge in [0.2, 0.25) is 5.95 Å². The molecule has 0 radical (unpaired) electrons. The summed E-state index contributed by atoms with van der Waals surface area (Å²) in [7, 11) is 0. The summed E-state index contributed by atoms with van der Waals surface area (Å²) in [6.07, 6.45) is 1.55. The molecule has 4 aromatic rings. The van der Waals surface area contributed by atoms with Crippen LogP contribution in [0.3, 0.4) is 0 Å². The van der Waals surface area contributed by atoms with Crippen LogP contribution in [0.4, 0.5) is 11.6 Å². The molecular weight excluding hydrogens is 368 g/mol. The van der Waals surface area contributed by atoms with Crippen LogP contribution in [-0.4, -0.2) is 51.0 Å². The molecular formula is C21H20N6O2. The molecule has 0 spiro atoms. The highest BCUT2D eigenvalue weighted by atomic mass is 16.3. The number of para-hydroxylation sites is 1. The molecule has 8 nitrogen and oxygen atoms in total. The maximum atomic E-state index is 12.6. The summed E-state index contributed by atoms with van der Waals surface area (Å²) in [5.41, 5.74) is 2.21. The number of hydrogen-bond donors (Lipinski definition) is 2. The second-order valence-electron chi connectivity index (χ2n) is 7.01. The molecule has 3 heterocycles. The monoisotopic (exact) mass is 388 g/mol. The van der Waals surface area contributed by atoms with E-state index in [2.05, 4.69) is 19.9 Å². The Hall–Kier alpha value is -3.81. The SMILES string of the molecule is O=c1[nH]c(N2CCN(c3cccc(O)c3)CC2)nc2c1cnn2-c1ccccc1. The minimum atomic E-state index is -0.192. The lowest BCUT2D eigenvalue weighted by Crippen LogP contribution is -2.47. The van der Waals surface area contributed by atoms with Gasteiger partial charge in [-0.3, -0.25) is 9.78 Å². The summed E-state index contributed by atoms with van der Waals surface area (Å²) >= 11 is 0. The van der Waals surface area contributed by atoms with Crippen molar-refractivity contribution in [2.24, 2.45) is 0 Å². The molecule has 1 saturated heterocycles. The van der Waals surface area contributed by atoms with Crippen molar-refractivity contribution in [3.8, 4) is 11.4 Å². The first-order valence-corrected chi connectivity index (χ1v) is 9.51. The van der Waals surface area contributed by atoms with Gasteiger partial charge in [-0.15, -0.1) is 0 Å². The molecule has 1 aliphatic rings. The van der Waals surface area contributed by atoms with Gasteiger partial charge in [0.1, 0.15) is 11.1 Å². The maximum absolute atomic E-state index is 12.6. The average molecular weight is 388 g/mol. The van der Waals surface area contributed by atoms with E-state index in [1.807, 2.05) is 42.5 Å². The lowest BCUT2D eigenvalue weighted by molar-refractivity contribution is 0.475. The summed E-state index contributed by atoms with van der Waals surface area (Å²) in [5.74, 6) is 0.811. The van der Waals surface area contributed by atoms with Crippen molar-refractivity contribution in [3.05, 3.63) is 71.1 Å². The van der Waals surface area contributed by atoms with E-state index < -0.39 is 0 Å². The second-order valence-corrected chi connectivity index (χ2v) is 7.01. The number of anilines is 2. The van der Waals surface area contributed by atoms with Crippen LogP contribution in [0.15, 0.2) is 65.6 Å². The maximum Gasteiger partial charge on any atom is 0.263 e. The van der Waals surface area contributed by atoms with E-state index in [1.54, 1.807) is 23.0 Å². The van der Waals surface area contributed by atoms with Crippen molar-refractivity contribution in [3.63, 3.8) is 0 Å². The van der Waals surface area contributed by atoms with Gasteiger partial charge < -0.3 is 14.9 Å². The Bertz CT molecular complexity index is 1210. The first-order chi connectivity index (χ1) is 14.2. The lowest BCUT2D eigenvalue weighted by atomic mass is 10.2. The molecule has 146 valence electrons. The number of fused-ring (bicyclic) bond motifs is 1. The number of hydrogen-bond acceptors (Lipinski definition) is 6. The number of rotatable bonds is 3. The zero-order valence-corrected chi connectivity index (χ0v) is 15.7. The molecule has 1 aliphatic heterocycles. The number of nitrogens with one attached hydrogen (secondary N) is 1. The Morgan fingerprint density at radius 3 is 2.38 bits per heavy atom. The van der Waals surface area contributed by atoms with E-state index in [-0.39, 0.29) is 11.3 Å². The van der Waals surface area contributed by atoms with E-state index in [0.29, 0.717) is 30.1 Å². The second kappa shape index (κ2) is 6.97. The summed E-state index contributed by atoms with van der Waals surface area (Å²) in [6, 6.07) is 16.9. The lowest BCUT2D eigenvalue weighted by Gasteiger charge is -2.36. The van der Waals surface area contributed by atoms with Crippen LogP contribution in [-0.2, 0) is 0 Å². The van der Waals surface area contributed by atoms with Crippen LogP contribution < -0.4 is 15.4 Å². The number of aromatic nitrogens is 4. The first-order valence-electron chi connectivity index (χ1n) is 9.51. The number of aromatic amines is 1. The molecule has 0 amide bonds. The third kappa shape index (κ3) is 3.18. The highest BCUT2D eigenvalue weighted by molar-refractivity contribution is 5.76. The van der Waals surface area contributed by atoms with Crippen molar-refractivity contribution in [1.29, 1.82) is 0 Å². The topological polar surface area (TPSA) is 90.3 Å². The fourth-order valence-corrected chi connectivity index (χ4v) is 3.68. The molecule has 5 rings (SSSR count). The Morgan fingerprint density at radius 2 is 1.62 bits per heavy atom. The van der Waals surface area contributed by atoms with Crippen molar-refractivity contribution < 1.29 is 5.11 Å². The molecule has 0 unspecified atom stereocenters. The van der Waals surface area contributed by atoms with Gasteiger partial charge in [0.05, 0.1) is 11.9 Å². The smallest absolute Gasteiger partial charge is 0.263 e. The van der Waals surface area contributed by atoms with Gasteiger partial charge in [0.25, 0.3) is 5.56 Å². The van der Waals surface area contributed by atoms with Crippen LogP contribution in [0.25, 0.3) is 16.7 Å². The number of phenolic OH excluding ortho intramolecular Hbond substituents is 1. The fourth-order valence-electron chi connectivity index (χ4n) is 3.68. The minimum absolute atomic E-state index is 0.192. The van der Waals surface area contributed by atoms with Gasteiger partial charge in [0.15, 0.2) is 5.65 Å². The molecule has 0 aliphatic carbocycles. The third-order valence-electron chi connectivity index (χ3n) is 5.20. The van der Waals surface area contributed by atoms with Crippen molar-refractivity contribution >= 4 is 22.7 Å². The largest absolute Gasteiger partial charge is 0.508 e. The predicted molar refractivity (Wildman–Crippen MR) is 112 cm³/mol. The van der Waals surface area contributed by atoms with E-state index in [4.69, 9.17) is 4.98 Å². The molecule has 0 atom stereocenters. The fraction of sp³-hybridized carbons (Fsp3) is 0.190. The molecule has 29 heavy (non-hydrogen) atoms. The molecule has 2 aromatic carbocycles. The summed E-state index contributed by atoms with van der Waals surface area (Å²) in [4.78, 5) is 24.5. The van der Waals surface area contributed by atoms with Gasteiger partial charge in [-0.1, -0.05) is 24.3 Å². The van der Waals surface area contributed by atoms with Crippen molar-refractivity contribution in [1.82, 2.24) is 19.7 Å². The van der Waals surface area contributed by atoms with Crippen LogP contribution in [0.1, 0.15) is 0 Å². The van der Waals surface area contributed by atoms with Crippen molar-refractivity contribution in [2.45, 2.75) is 0 Å². The van der Waals surface area contributed by atoms with Gasteiger partial charge in [-0.05, 0) is 24.3 Å². The quantitative estimate of drug-likeness (QED) is 0.559. The number of piperazine rings is 1. The molecule has 1 fully saturated rings. The number of nitrogens with zero attached hydrogens (tertiary/aromatic N) is 5. The zero-order valence-electron chi connectivity index (χ0n) is 15.7. The van der Waals surface area contributed by atoms with E-state index in [1.165, 1.54) is 0 Å². The third-order valence-corrected chi connectivity index (χ3v) is 5.20. The highest BCUT2D eigenvalue weighted by Gasteiger charge is 2.21. The standard InChI is InChI=1S/C21H20N6O2/c28-17-8-4-7-16(13-17)25-9-11-26(12-10-25)21-23-19-18(20(29)24-21)14-22-27(19)15-5-2-1-3-6-15/h1-8,13-14,28H,9-12H2,(H,23,24,29). The number of phenols is 1. The molecule has 0 saturated carbocycles. The molecule has 2 aromatic heterocycles. The zero-order chi connectivity index (χ0) is 19.8. The average Bonchev–Trinajstić information content (AvgIpc) is 3.19. The highest BCUT2D eigenvalue weighted by Crippen LogP contribution is 2.23. The summed E-state index contributed by atoms with van der Waals surface area (Å²) in [6.45, 7) is 2.96. The van der Waals surface area contributed by atoms with Gasteiger partial charge in [-0.2, -0.15) is 10.1 Å². The van der Waals surface area contributed by atoms with E-state index in [0.717, 1.165) is 24.5 Å².